The van der Waals surface area contributed by atoms with Gasteiger partial charge in [0.25, 0.3) is 0 Å². The predicted molar refractivity (Wildman–Crippen MR) is 82.8 cm³/mol. The van der Waals surface area contributed by atoms with E-state index in [2.05, 4.69) is 38.3 Å². The Morgan fingerprint density at radius 3 is 2.15 bits per heavy atom. The van der Waals surface area contributed by atoms with Crippen LogP contribution in [0.25, 0.3) is 0 Å². The summed E-state index contributed by atoms with van der Waals surface area (Å²) in [5, 5.41) is 6.50. The van der Waals surface area contributed by atoms with Gasteiger partial charge >= 0.3 is 6.09 Å². The monoisotopic (exact) mass is 284 g/mol. The summed E-state index contributed by atoms with van der Waals surface area (Å²) in [5.74, 6) is 0.639. The minimum Gasteiger partial charge on any atom is -0.444 e. The molecule has 1 aliphatic rings. The number of rotatable bonds is 4. The highest BCUT2D eigenvalue weighted by Crippen LogP contribution is 2.26. The van der Waals surface area contributed by atoms with Gasteiger partial charge in [-0.15, -0.1) is 0 Å². The van der Waals surface area contributed by atoms with Gasteiger partial charge in [0.1, 0.15) is 5.60 Å². The SMILES string of the molecule is CC(CNC1CC(NC(=O)OC(C)(C)C)C1)C(C)(C)C. The average Bonchev–Trinajstić information content (AvgIpc) is 2.16. The lowest BCUT2D eigenvalue weighted by Crippen LogP contribution is -2.54. The van der Waals surface area contributed by atoms with Gasteiger partial charge in [-0.2, -0.15) is 0 Å². The Labute approximate surface area is 124 Å². The van der Waals surface area contributed by atoms with Crippen LogP contribution in [0, 0.1) is 11.3 Å². The van der Waals surface area contributed by atoms with Gasteiger partial charge in [0, 0.05) is 12.1 Å². The van der Waals surface area contributed by atoms with E-state index in [0.29, 0.717) is 17.4 Å². The lowest BCUT2D eigenvalue weighted by molar-refractivity contribution is 0.0463. The minimum atomic E-state index is -0.423. The van der Waals surface area contributed by atoms with Gasteiger partial charge in [0.2, 0.25) is 0 Å². The Morgan fingerprint density at radius 2 is 1.70 bits per heavy atom. The van der Waals surface area contributed by atoms with Gasteiger partial charge in [-0.3, -0.25) is 0 Å². The van der Waals surface area contributed by atoms with Gasteiger partial charge in [-0.25, -0.2) is 4.79 Å². The molecule has 1 unspecified atom stereocenters. The number of ether oxygens (including phenoxy) is 1. The molecule has 2 N–H and O–H groups in total. The third-order valence-corrected chi connectivity index (χ3v) is 4.05. The van der Waals surface area contributed by atoms with Crippen molar-refractivity contribution in [3.05, 3.63) is 0 Å². The normalized spacial score (nSPS) is 24.8. The van der Waals surface area contributed by atoms with Gasteiger partial charge in [0.15, 0.2) is 0 Å². The molecule has 4 nitrogen and oxygen atoms in total. The number of carbonyl (C=O) groups excluding carboxylic acids is 1. The third kappa shape index (κ3) is 6.12. The first kappa shape index (κ1) is 17.3. The molecule has 0 radical (unpaired) electrons. The Bertz CT molecular complexity index is 322. The number of carbonyl (C=O) groups is 1. The molecule has 1 atom stereocenters. The molecule has 118 valence electrons. The van der Waals surface area contributed by atoms with E-state index in [1.54, 1.807) is 0 Å². The standard InChI is InChI=1S/C16H32N2O2/c1-11(15(2,3)4)10-17-12-8-13(9-12)18-14(19)20-16(5,6)7/h11-13,17H,8-10H2,1-7H3,(H,18,19). The summed E-state index contributed by atoms with van der Waals surface area (Å²) in [7, 11) is 0. The molecule has 0 aromatic heterocycles. The summed E-state index contributed by atoms with van der Waals surface area (Å²) < 4.78 is 5.25. The Hall–Kier alpha value is -0.770. The van der Waals surface area contributed by atoms with E-state index in [1.807, 2.05) is 20.8 Å². The van der Waals surface area contributed by atoms with Crippen LogP contribution >= 0.6 is 0 Å². The van der Waals surface area contributed by atoms with Crippen LogP contribution in [0.1, 0.15) is 61.3 Å². The van der Waals surface area contributed by atoms with Crippen molar-refractivity contribution >= 4 is 6.09 Å². The molecule has 0 saturated heterocycles. The molecule has 0 aliphatic heterocycles. The summed E-state index contributed by atoms with van der Waals surface area (Å²) in [6, 6.07) is 0.784. The quantitative estimate of drug-likeness (QED) is 0.832. The van der Waals surface area contributed by atoms with Crippen LogP contribution in [0.5, 0.6) is 0 Å². The third-order valence-electron chi connectivity index (χ3n) is 4.05. The number of nitrogens with one attached hydrogen (secondary N) is 2. The second-order valence-corrected chi connectivity index (χ2v) is 8.19. The highest BCUT2D eigenvalue weighted by atomic mass is 16.6. The summed E-state index contributed by atoms with van der Waals surface area (Å²) in [4.78, 5) is 11.6. The number of hydrogen-bond donors (Lipinski definition) is 2. The summed E-state index contributed by atoms with van der Waals surface area (Å²) in [6.07, 6.45) is 1.69. The molecule has 0 aromatic carbocycles. The molecule has 0 bridgehead atoms. The van der Waals surface area contributed by atoms with E-state index in [0.717, 1.165) is 19.4 Å². The molecule has 0 spiro atoms. The van der Waals surface area contributed by atoms with E-state index in [9.17, 15) is 4.79 Å². The zero-order valence-corrected chi connectivity index (χ0v) is 14.2. The van der Waals surface area contributed by atoms with Crippen molar-refractivity contribution in [3.8, 4) is 0 Å². The van der Waals surface area contributed by atoms with Crippen LogP contribution in [0.3, 0.4) is 0 Å². The van der Waals surface area contributed by atoms with Gasteiger partial charge in [0.05, 0.1) is 0 Å². The second-order valence-electron chi connectivity index (χ2n) is 8.19. The highest BCUT2D eigenvalue weighted by molar-refractivity contribution is 5.68. The van der Waals surface area contributed by atoms with Crippen LogP contribution in [-0.4, -0.2) is 30.3 Å². The summed E-state index contributed by atoms with van der Waals surface area (Å²) in [5.41, 5.74) is -0.0848. The summed E-state index contributed by atoms with van der Waals surface area (Å²) >= 11 is 0. The Morgan fingerprint density at radius 1 is 1.15 bits per heavy atom. The predicted octanol–water partition coefficient (Wildman–Crippen LogP) is 3.31. The average molecular weight is 284 g/mol. The van der Waals surface area contributed by atoms with E-state index >= 15 is 0 Å². The first-order chi connectivity index (χ1) is 8.97. The van der Waals surface area contributed by atoms with Crippen molar-refractivity contribution in [2.45, 2.75) is 79.0 Å². The minimum absolute atomic E-state index is 0.257. The van der Waals surface area contributed by atoms with Crippen molar-refractivity contribution < 1.29 is 9.53 Å². The summed E-state index contributed by atoms with van der Waals surface area (Å²) in [6.45, 7) is 15.8. The Balaban J connectivity index is 2.16. The van der Waals surface area contributed by atoms with Crippen molar-refractivity contribution in [2.75, 3.05) is 6.54 Å². The zero-order valence-electron chi connectivity index (χ0n) is 14.2. The lowest BCUT2D eigenvalue weighted by atomic mass is 9.81. The molecule has 1 saturated carbocycles. The van der Waals surface area contributed by atoms with E-state index in [1.165, 1.54) is 0 Å². The van der Waals surface area contributed by atoms with Gasteiger partial charge in [-0.1, -0.05) is 27.7 Å². The van der Waals surface area contributed by atoms with Crippen molar-refractivity contribution in [3.63, 3.8) is 0 Å². The molecule has 0 heterocycles. The van der Waals surface area contributed by atoms with Crippen LogP contribution < -0.4 is 10.6 Å². The smallest absolute Gasteiger partial charge is 0.407 e. The van der Waals surface area contributed by atoms with Crippen molar-refractivity contribution in [2.24, 2.45) is 11.3 Å². The van der Waals surface area contributed by atoms with Gasteiger partial charge in [-0.05, 0) is 51.5 Å². The van der Waals surface area contributed by atoms with E-state index in [4.69, 9.17) is 4.74 Å². The topological polar surface area (TPSA) is 50.4 Å². The fourth-order valence-electron chi connectivity index (χ4n) is 2.03. The molecule has 0 aromatic rings. The molecular weight excluding hydrogens is 252 g/mol. The first-order valence-electron chi connectivity index (χ1n) is 7.70. The van der Waals surface area contributed by atoms with E-state index < -0.39 is 5.60 Å². The maximum Gasteiger partial charge on any atom is 0.407 e. The highest BCUT2D eigenvalue weighted by Gasteiger charge is 2.32. The van der Waals surface area contributed by atoms with Crippen LogP contribution in [0.4, 0.5) is 4.79 Å². The fourth-order valence-corrected chi connectivity index (χ4v) is 2.03. The lowest BCUT2D eigenvalue weighted by Gasteiger charge is -2.38. The van der Waals surface area contributed by atoms with Crippen LogP contribution in [0.2, 0.25) is 0 Å². The van der Waals surface area contributed by atoms with E-state index in [-0.39, 0.29) is 12.1 Å². The van der Waals surface area contributed by atoms with Crippen LogP contribution in [0.15, 0.2) is 0 Å². The Kier molecular flexibility index (Phi) is 5.47. The van der Waals surface area contributed by atoms with Crippen LogP contribution in [-0.2, 0) is 4.74 Å². The molecule has 4 heteroatoms. The maximum atomic E-state index is 11.6. The van der Waals surface area contributed by atoms with Crippen molar-refractivity contribution in [1.82, 2.24) is 10.6 Å². The molecule has 1 rings (SSSR count). The zero-order chi connectivity index (χ0) is 15.6. The molecule has 20 heavy (non-hydrogen) atoms. The molecule has 1 amide bonds. The molecule has 1 aliphatic carbocycles. The van der Waals surface area contributed by atoms with Crippen molar-refractivity contribution in [1.29, 1.82) is 0 Å². The molecule has 1 fully saturated rings. The van der Waals surface area contributed by atoms with Gasteiger partial charge < -0.3 is 15.4 Å². The maximum absolute atomic E-state index is 11.6. The number of hydrogen-bond acceptors (Lipinski definition) is 3. The number of alkyl carbamates (subject to hydrolysis) is 1. The molecular formula is C16H32N2O2. The number of amides is 1. The first-order valence-corrected chi connectivity index (χ1v) is 7.70. The second kappa shape index (κ2) is 6.33. The fraction of sp³-hybridized carbons (Fsp3) is 0.938. The largest absolute Gasteiger partial charge is 0.444 e.